The van der Waals surface area contributed by atoms with E-state index in [1.807, 2.05) is 24.3 Å². The van der Waals surface area contributed by atoms with Gasteiger partial charge in [0.05, 0.1) is 5.69 Å². The molecule has 0 aliphatic rings. The van der Waals surface area contributed by atoms with Gasteiger partial charge in [-0.3, -0.25) is 9.97 Å². The zero-order valence-electron chi connectivity index (χ0n) is 6.44. The first kappa shape index (κ1) is 6.98. The Morgan fingerprint density at radius 1 is 1.08 bits per heavy atom. The molecular formula is C10H7N2. The van der Waals surface area contributed by atoms with Crippen molar-refractivity contribution in [2.75, 3.05) is 0 Å². The van der Waals surface area contributed by atoms with Gasteiger partial charge in [-0.2, -0.15) is 0 Å². The molecule has 2 aromatic heterocycles. The molecule has 2 nitrogen and oxygen atoms in total. The maximum Gasteiger partial charge on any atom is 0.0703 e. The fourth-order valence-corrected chi connectivity index (χ4v) is 1.01. The lowest BCUT2D eigenvalue weighted by molar-refractivity contribution is 1.28. The van der Waals surface area contributed by atoms with E-state index in [1.165, 1.54) is 0 Å². The standard InChI is InChI=1S/C10H7N2/c1-2-6-12-10(3-1)9-4-7-11-8-5-9/h1,3-8H. The van der Waals surface area contributed by atoms with Crippen LogP contribution in [0.4, 0.5) is 0 Å². The van der Waals surface area contributed by atoms with Crippen LogP contribution in [0.1, 0.15) is 0 Å². The second-order valence-electron chi connectivity index (χ2n) is 2.38. The molecule has 0 saturated heterocycles. The summed E-state index contributed by atoms with van der Waals surface area (Å²) >= 11 is 0. The summed E-state index contributed by atoms with van der Waals surface area (Å²) in [6, 6.07) is 10.5. The summed E-state index contributed by atoms with van der Waals surface area (Å²) in [5.41, 5.74) is 2.04. The third-order valence-corrected chi connectivity index (χ3v) is 1.59. The molecular weight excluding hydrogens is 148 g/mol. The van der Waals surface area contributed by atoms with Crippen molar-refractivity contribution in [3.8, 4) is 11.3 Å². The maximum absolute atomic E-state index is 4.17. The molecule has 0 aliphatic carbocycles. The highest BCUT2D eigenvalue weighted by molar-refractivity contribution is 5.57. The molecule has 57 valence electrons. The van der Waals surface area contributed by atoms with E-state index < -0.39 is 0 Å². The summed E-state index contributed by atoms with van der Waals surface area (Å²) in [7, 11) is 0. The second kappa shape index (κ2) is 3.13. The molecule has 0 aliphatic heterocycles. The van der Waals surface area contributed by atoms with Gasteiger partial charge in [-0.15, -0.1) is 0 Å². The molecule has 0 fully saturated rings. The lowest BCUT2D eigenvalue weighted by Gasteiger charge is -1.96. The fraction of sp³-hybridized carbons (Fsp3) is 0. The van der Waals surface area contributed by atoms with Gasteiger partial charge in [0.25, 0.3) is 0 Å². The van der Waals surface area contributed by atoms with Crippen molar-refractivity contribution in [1.82, 2.24) is 9.97 Å². The van der Waals surface area contributed by atoms with Gasteiger partial charge in [0.15, 0.2) is 0 Å². The number of hydrogen-bond donors (Lipinski definition) is 0. The first-order chi connectivity index (χ1) is 5.97. The van der Waals surface area contributed by atoms with Crippen LogP contribution in [0.15, 0.2) is 42.9 Å². The molecule has 2 heterocycles. The molecule has 2 aromatic rings. The smallest absolute Gasteiger partial charge is 0.0703 e. The Balaban J connectivity index is 2.46. The van der Waals surface area contributed by atoms with Gasteiger partial charge in [-0.25, -0.2) is 0 Å². The van der Waals surface area contributed by atoms with E-state index in [1.54, 1.807) is 18.6 Å². The van der Waals surface area contributed by atoms with Crippen LogP contribution >= 0.6 is 0 Å². The van der Waals surface area contributed by atoms with Crippen LogP contribution in [0.2, 0.25) is 0 Å². The van der Waals surface area contributed by atoms with Crippen LogP contribution in [0.3, 0.4) is 0 Å². The minimum atomic E-state index is 0.955. The van der Waals surface area contributed by atoms with Crippen LogP contribution in [0.5, 0.6) is 0 Å². The van der Waals surface area contributed by atoms with E-state index in [0.29, 0.717) is 0 Å². The first-order valence-corrected chi connectivity index (χ1v) is 3.69. The summed E-state index contributed by atoms with van der Waals surface area (Å²) in [6.07, 6.45) is 5.18. The van der Waals surface area contributed by atoms with Crippen LogP contribution in [-0.4, -0.2) is 9.97 Å². The number of aromatic nitrogens is 2. The zero-order chi connectivity index (χ0) is 8.23. The number of nitrogens with zero attached hydrogens (tertiary/aromatic N) is 2. The molecule has 2 heteroatoms. The molecule has 12 heavy (non-hydrogen) atoms. The van der Waals surface area contributed by atoms with Crippen molar-refractivity contribution < 1.29 is 0 Å². The Labute approximate surface area is 70.9 Å². The maximum atomic E-state index is 4.17. The van der Waals surface area contributed by atoms with Gasteiger partial charge in [0.2, 0.25) is 0 Å². The third-order valence-electron chi connectivity index (χ3n) is 1.59. The molecule has 1 radical (unpaired) electrons. The first-order valence-electron chi connectivity index (χ1n) is 3.69. The van der Waals surface area contributed by atoms with Gasteiger partial charge in [-0.05, 0) is 18.2 Å². The van der Waals surface area contributed by atoms with Gasteiger partial charge >= 0.3 is 0 Å². The summed E-state index contributed by atoms with van der Waals surface area (Å²) in [5, 5.41) is 0. The van der Waals surface area contributed by atoms with E-state index >= 15 is 0 Å². The average Bonchev–Trinajstić information content (AvgIpc) is 2.21. The summed E-state index contributed by atoms with van der Waals surface area (Å²) < 4.78 is 0. The molecule has 0 spiro atoms. The summed E-state index contributed by atoms with van der Waals surface area (Å²) in [5.74, 6) is 0. The van der Waals surface area contributed by atoms with E-state index in [2.05, 4.69) is 16.0 Å². The Morgan fingerprint density at radius 2 is 1.92 bits per heavy atom. The lowest BCUT2D eigenvalue weighted by Crippen LogP contribution is -1.81. The van der Waals surface area contributed by atoms with Crippen LogP contribution in [-0.2, 0) is 0 Å². The monoisotopic (exact) mass is 155 g/mol. The van der Waals surface area contributed by atoms with Crippen molar-refractivity contribution in [2.24, 2.45) is 0 Å². The van der Waals surface area contributed by atoms with Gasteiger partial charge in [0.1, 0.15) is 0 Å². The van der Waals surface area contributed by atoms with Crippen molar-refractivity contribution >= 4 is 0 Å². The Kier molecular flexibility index (Phi) is 1.82. The molecule has 0 amide bonds. The van der Waals surface area contributed by atoms with Crippen molar-refractivity contribution in [1.29, 1.82) is 0 Å². The Hall–Kier alpha value is -1.70. The lowest BCUT2D eigenvalue weighted by atomic mass is 10.2. The zero-order valence-corrected chi connectivity index (χ0v) is 6.44. The topological polar surface area (TPSA) is 25.8 Å². The summed E-state index contributed by atoms with van der Waals surface area (Å²) in [6.45, 7) is 0. The molecule has 0 bridgehead atoms. The SMILES string of the molecule is [c]1ccc(-c2ccncc2)nc1. The predicted octanol–water partition coefficient (Wildman–Crippen LogP) is 1.94. The highest BCUT2D eigenvalue weighted by Crippen LogP contribution is 2.13. The van der Waals surface area contributed by atoms with E-state index in [0.717, 1.165) is 11.3 Å². The third kappa shape index (κ3) is 1.32. The minimum absolute atomic E-state index is 0.955. The number of pyridine rings is 2. The Morgan fingerprint density at radius 3 is 2.58 bits per heavy atom. The van der Waals surface area contributed by atoms with Crippen LogP contribution < -0.4 is 0 Å². The molecule has 0 aromatic carbocycles. The fourth-order valence-electron chi connectivity index (χ4n) is 1.01. The van der Waals surface area contributed by atoms with E-state index in [-0.39, 0.29) is 0 Å². The molecule has 0 unspecified atom stereocenters. The highest BCUT2D eigenvalue weighted by atomic mass is 14.7. The number of rotatable bonds is 1. The van der Waals surface area contributed by atoms with Crippen molar-refractivity contribution in [2.45, 2.75) is 0 Å². The normalized spacial score (nSPS) is 9.67. The highest BCUT2D eigenvalue weighted by Gasteiger charge is 1.94. The minimum Gasteiger partial charge on any atom is -0.265 e. The van der Waals surface area contributed by atoms with Crippen LogP contribution in [0, 0.1) is 6.07 Å². The molecule has 0 N–H and O–H groups in total. The van der Waals surface area contributed by atoms with Crippen molar-refractivity contribution in [3.05, 3.63) is 48.9 Å². The number of hydrogen-bond acceptors (Lipinski definition) is 2. The van der Waals surface area contributed by atoms with Gasteiger partial charge in [-0.1, -0.05) is 6.07 Å². The van der Waals surface area contributed by atoms with Crippen LogP contribution in [0.25, 0.3) is 11.3 Å². The molecule has 0 atom stereocenters. The van der Waals surface area contributed by atoms with Gasteiger partial charge < -0.3 is 0 Å². The van der Waals surface area contributed by atoms with Gasteiger partial charge in [0, 0.05) is 30.2 Å². The largest absolute Gasteiger partial charge is 0.265 e. The molecule has 2 rings (SSSR count). The Bertz CT molecular complexity index is 305. The van der Waals surface area contributed by atoms with E-state index in [4.69, 9.17) is 0 Å². The second-order valence-corrected chi connectivity index (χ2v) is 2.38. The predicted molar refractivity (Wildman–Crippen MR) is 46.3 cm³/mol. The molecule has 0 saturated carbocycles. The van der Waals surface area contributed by atoms with Crippen molar-refractivity contribution in [3.63, 3.8) is 0 Å². The quantitative estimate of drug-likeness (QED) is 0.629. The summed E-state index contributed by atoms with van der Waals surface area (Å²) in [4.78, 5) is 8.10. The average molecular weight is 155 g/mol. The van der Waals surface area contributed by atoms with E-state index in [9.17, 15) is 0 Å².